The van der Waals surface area contributed by atoms with Gasteiger partial charge in [-0.05, 0) is 53.9 Å². The number of hydrogen-bond donors (Lipinski definition) is 0. The van der Waals surface area contributed by atoms with E-state index in [1.54, 1.807) is 0 Å². The largest absolute Gasteiger partial charge is 0.456 e. The standard InChI is InChI=1S/C37H22O3/c1-21-17-18-24(36-33(21)26-9-2-6-14-30(26)39-36)23-19-20-25(37-35(23)28-11-4-7-15-31(28)40-37)22-12-8-16-32-34(22)27-10-3-5-13-29(27)38-32/h2-20H,1H3. The van der Waals surface area contributed by atoms with Gasteiger partial charge in [-0.3, -0.25) is 0 Å². The Morgan fingerprint density at radius 2 is 0.825 bits per heavy atom. The summed E-state index contributed by atoms with van der Waals surface area (Å²) in [4.78, 5) is 0. The molecule has 188 valence electrons. The summed E-state index contributed by atoms with van der Waals surface area (Å²) in [7, 11) is 0. The number of aryl methyl sites for hydroxylation is 1. The van der Waals surface area contributed by atoms with Crippen molar-refractivity contribution in [3.63, 3.8) is 0 Å². The lowest BCUT2D eigenvalue weighted by atomic mass is 9.91. The van der Waals surface area contributed by atoms with Crippen LogP contribution in [0.3, 0.4) is 0 Å². The van der Waals surface area contributed by atoms with E-state index in [2.05, 4.69) is 79.7 Å². The van der Waals surface area contributed by atoms with Crippen LogP contribution < -0.4 is 0 Å². The van der Waals surface area contributed by atoms with Gasteiger partial charge in [0.2, 0.25) is 0 Å². The minimum absolute atomic E-state index is 0.862. The molecule has 3 nitrogen and oxygen atoms in total. The van der Waals surface area contributed by atoms with E-state index >= 15 is 0 Å². The molecule has 6 aromatic carbocycles. The van der Waals surface area contributed by atoms with Crippen molar-refractivity contribution in [1.82, 2.24) is 0 Å². The number of para-hydroxylation sites is 3. The van der Waals surface area contributed by atoms with Crippen LogP contribution in [0.4, 0.5) is 0 Å². The smallest absolute Gasteiger partial charge is 0.143 e. The first-order chi connectivity index (χ1) is 19.8. The normalized spacial score (nSPS) is 12.1. The van der Waals surface area contributed by atoms with Crippen molar-refractivity contribution in [2.45, 2.75) is 6.92 Å². The van der Waals surface area contributed by atoms with Gasteiger partial charge in [0.05, 0.1) is 0 Å². The molecule has 9 rings (SSSR count). The van der Waals surface area contributed by atoms with E-state index in [1.165, 1.54) is 5.56 Å². The molecular weight excluding hydrogens is 492 g/mol. The maximum atomic E-state index is 6.67. The zero-order valence-electron chi connectivity index (χ0n) is 21.7. The predicted octanol–water partition coefficient (Wildman–Crippen LogP) is 11.0. The van der Waals surface area contributed by atoms with Gasteiger partial charge >= 0.3 is 0 Å². The first kappa shape index (κ1) is 21.6. The summed E-state index contributed by atoms with van der Waals surface area (Å²) >= 11 is 0. The number of fused-ring (bicyclic) bond motifs is 9. The number of rotatable bonds is 2. The highest BCUT2D eigenvalue weighted by molar-refractivity contribution is 6.22. The van der Waals surface area contributed by atoms with E-state index in [-0.39, 0.29) is 0 Å². The third-order valence-corrected chi connectivity index (χ3v) is 8.24. The summed E-state index contributed by atoms with van der Waals surface area (Å²) in [5.41, 5.74) is 10.8. The van der Waals surface area contributed by atoms with Crippen molar-refractivity contribution in [2.75, 3.05) is 0 Å². The molecule has 0 amide bonds. The molecule has 3 aromatic heterocycles. The predicted molar refractivity (Wildman–Crippen MR) is 164 cm³/mol. The molecule has 0 atom stereocenters. The third-order valence-electron chi connectivity index (χ3n) is 8.24. The molecule has 9 aromatic rings. The molecule has 0 saturated carbocycles. The average molecular weight is 515 g/mol. The van der Waals surface area contributed by atoms with Crippen molar-refractivity contribution in [2.24, 2.45) is 0 Å². The lowest BCUT2D eigenvalue weighted by molar-refractivity contribution is 0.668. The van der Waals surface area contributed by atoms with Crippen LogP contribution in [0.1, 0.15) is 5.56 Å². The molecule has 0 fully saturated rings. The molecule has 0 aliphatic heterocycles. The minimum Gasteiger partial charge on any atom is -0.456 e. The monoisotopic (exact) mass is 514 g/mol. The minimum atomic E-state index is 0.862. The first-order valence-electron chi connectivity index (χ1n) is 13.5. The van der Waals surface area contributed by atoms with Gasteiger partial charge in [-0.15, -0.1) is 0 Å². The first-order valence-corrected chi connectivity index (χ1v) is 13.5. The Morgan fingerprint density at radius 1 is 0.350 bits per heavy atom. The van der Waals surface area contributed by atoms with Crippen LogP contribution in [0.15, 0.2) is 129 Å². The zero-order chi connectivity index (χ0) is 26.4. The van der Waals surface area contributed by atoms with Crippen LogP contribution in [0.2, 0.25) is 0 Å². The summed E-state index contributed by atoms with van der Waals surface area (Å²) < 4.78 is 19.4. The van der Waals surface area contributed by atoms with Gasteiger partial charge in [-0.25, -0.2) is 0 Å². The summed E-state index contributed by atoms with van der Waals surface area (Å²) in [6, 6.07) is 39.8. The summed E-state index contributed by atoms with van der Waals surface area (Å²) in [5, 5.41) is 6.67. The Bertz CT molecular complexity index is 2450. The molecule has 0 unspecified atom stereocenters. The van der Waals surface area contributed by atoms with Gasteiger partial charge in [0.1, 0.15) is 33.5 Å². The Hall–Kier alpha value is -5.28. The SMILES string of the molecule is Cc1ccc(-c2ccc(-c3cccc4oc5ccccc5c34)c3oc4ccccc4c23)c2oc3ccccc3c12. The van der Waals surface area contributed by atoms with Crippen molar-refractivity contribution in [1.29, 1.82) is 0 Å². The molecule has 0 bridgehead atoms. The molecule has 0 radical (unpaired) electrons. The third kappa shape index (κ3) is 2.84. The lowest BCUT2D eigenvalue weighted by Gasteiger charge is -2.10. The fourth-order valence-corrected chi connectivity index (χ4v) is 6.47. The quantitative estimate of drug-likeness (QED) is 0.230. The Labute approximate surface area is 228 Å². The Balaban J connectivity index is 1.42. The lowest BCUT2D eigenvalue weighted by Crippen LogP contribution is -1.86. The van der Waals surface area contributed by atoms with E-state index in [0.717, 1.165) is 88.1 Å². The van der Waals surface area contributed by atoms with Gasteiger partial charge in [0.25, 0.3) is 0 Å². The van der Waals surface area contributed by atoms with Gasteiger partial charge < -0.3 is 13.3 Å². The second-order valence-electron chi connectivity index (χ2n) is 10.5. The second-order valence-corrected chi connectivity index (χ2v) is 10.5. The van der Waals surface area contributed by atoms with E-state index in [4.69, 9.17) is 13.3 Å². The van der Waals surface area contributed by atoms with Gasteiger partial charge in [-0.1, -0.05) is 84.9 Å². The summed E-state index contributed by atoms with van der Waals surface area (Å²) in [6.45, 7) is 2.15. The number of hydrogen-bond acceptors (Lipinski definition) is 3. The summed E-state index contributed by atoms with van der Waals surface area (Å²) in [6.07, 6.45) is 0. The van der Waals surface area contributed by atoms with E-state index in [1.807, 2.05) is 42.5 Å². The zero-order valence-corrected chi connectivity index (χ0v) is 21.7. The number of furan rings is 3. The maximum absolute atomic E-state index is 6.67. The molecule has 3 heteroatoms. The second kappa shape index (κ2) is 7.87. The van der Waals surface area contributed by atoms with E-state index in [9.17, 15) is 0 Å². The van der Waals surface area contributed by atoms with Crippen LogP contribution in [-0.2, 0) is 0 Å². The van der Waals surface area contributed by atoms with Crippen molar-refractivity contribution in [3.05, 3.63) is 121 Å². The van der Waals surface area contributed by atoms with Crippen molar-refractivity contribution in [3.8, 4) is 22.3 Å². The molecule has 0 saturated heterocycles. The highest BCUT2D eigenvalue weighted by Gasteiger charge is 2.22. The highest BCUT2D eigenvalue weighted by atomic mass is 16.3. The number of benzene rings is 6. The van der Waals surface area contributed by atoms with Crippen LogP contribution in [0.5, 0.6) is 0 Å². The molecule has 40 heavy (non-hydrogen) atoms. The fourth-order valence-electron chi connectivity index (χ4n) is 6.47. The van der Waals surface area contributed by atoms with Crippen molar-refractivity contribution >= 4 is 65.8 Å². The van der Waals surface area contributed by atoms with Gasteiger partial charge in [0, 0.05) is 43.4 Å². The molecular formula is C37H22O3. The highest BCUT2D eigenvalue weighted by Crippen LogP contribution is 2.47. The molecule has 0 spiro atoms. The van der Waals surface area contributed by atoms with E-state index in [0.29, 0.717) is 0 Å². The molecule has 0 N–H and O–H groups in total. The Morgan fingerprint density at radius 3 is 1.52 bits per heavy atom. The van der Waals surface area contributed by atoms with Gasteiger partial charge in [0.15, 0.2) is 0 Å². The summed E-state index contributed by atoms with van der Waals surface area (Å²) in [5.74, 6) is 0. The Kier molecular flexibility index (Phi) is 4.26. The fraction of sp³-hybridized carbons (Fsp3) is 0.0270. The average Bonchev–Trinajstić information content (AvgIpc) is 3.69. The van der Waals surface area contributed by atoms with Crippen LogP contribution >= 0.6 is 0 Å². The molecule has 0 aliphatic rings. The van der Waals surface area contributed by atoms with Crippen LogP contribution in [0.25, 0.3) is 88.1 Å². The van der Waals surface area contributed by atoms with Crippen molar-refractivity contribution < 1.29 is 13.3 Å². The van der Waals surface area contributed by atoms with Gasteiger partial charge in [-0.2, -0.15) is 0 Å². The maximum Gasteiger partial charge on any atom is 0.143 e. The molecule has 3 heterocycles. The molecule has 0 aliphatic carbocycles. The van der Waals surface area contributed by atoms with Crippen LogP contribution in [-0.4, -0.2) is 0 Å². The van der Waals surface area contributed by atoms with E-state index < -0.39 is 0 Å². The van der Waals surface area contributed by atoms with Crippen LogP contribution in [0, 0.1) is 6.92 Å². The topological polar surface area (TPSA) is 39.4 Å².